The van der Waals surface area contributed by atoms with Crippen LogP contribution in [0.15, 0.2) is 11.4 Å². The fraction of sp³-hybridized carbons (Fsp3) is 0.600. The van der Waals surface area contributed by atoms with Crippen LogP contribution in [0.4, 0.5) is 0 Å². The van der Waals surface area contributed by atoms with Crippen molar-refractivity contribution in [1.82, 2.24) is 0 Å². The molecule has 2 unspecified atom stereocenters. The quantitative estimate of drug-likeness (QED) is 0.904. The number of sulfone groups is 1. The Bertz CT molecular complexity index is 469. The normalized spacial score (nSPS) is 26.5. The topological polar surface area (TPSA) is 60.2 Å². The van der Waals surface area contributed by atoms with Crippen molar-refractivity contribution in [2.45, 2.75) is 30.6 Å². The molecule has 0 saturated carbocycles. The summed E-state index contributed by atoms with van der Waals surface area (Å²) >= 11 is 7.41. The molecule has 2 heterocycles. The standard InChI is InChI=1S/C10H14ClNO2S2/c11-7-4-5-15-10(7)9(12)8-3-1-2-6-16(8,13)14/h4-5,8-9H,1-3,6,12H2. The molecule has 16 heavy (non-hydrogen) atoms. The van der Waals surface area contributed by atoms with Crippen LogP contribution in [0.1, 0.15) is 30.2 Å². The fourth-order valence-electron chi connectivity index (χ4n) is 2.09. The molecule has 0 amide bonds. The van der Waals surface area contributed by atoms with Crippen molar-refractivity contribution >= 4 is 32.8 Å². The summed E-state index contributed by atoms with van der Waals surface area (Å²) in [5.41, 5.74) is 6.04. The van der Waals surface area contributed by atoms with Crippen molar-refractivity contribution in [2.75, 3.05) is 5.75 Å². The lowest BCUT2D eigenvalue weighted by molar-refractivity contribution is 0.507. The van der Waals surface area contributed by atoms with E-state index in [0.29, 0.717) is 11.4 Å². The number of nitrogens with two attached hydrogens (primary N) is 1. The van der Waals surface area contributed by atoms with E-state index in [0.717, 1.165) is 17.7 Å². The van der Waals surface area contributed by atoms with E-state index in [1.807, 2.05) is 5.38 Å². The second-order valence-corrected chi connectivity index (χ2v) is 7.75. The van der Waals surface area contributed by atoms with Gasteiger partial charge in [0.05, 0.1) is 22.1 Å². The smallest absolute Gasteiger partial charge is 0.155 e. The number of rotatable bonds is 2. The Morgan fingerprint density at radius 3 is 2.81 bits per heavy atom. The van der Waals surface area contributed by atoms with E-state index in [9.17, 15) is 8.42 Å². The Labute approximate surface area is 105 Å². The first-order valence-electron chi connectivity index (χ1n) is 5.22. The summed E-state index contributed by atoms with van der Waals surface area (Å²) in [7, 11) is -3.04. The van der Waals surface area contributed by atoms with Gasteiger partial charge >= 0.3 is 0 Å². The molecule has 1 fully saturated rings. The molecular formula is C10H14ClNO2S2. The van der Waals surface area contributed by atoms with E-state index >= 15 is 0 Å². The lowest BCUT2D eigenvalue weighted by atomic mass is 10.1. The number of hydrogen-bond acceptors (Lipinski definition) is 4. The zero-order valence-electron chi connectivity index (χ0n) is 8.73. The van der Waals surface area contributed by atoms with E-state index < -0.39 is 21.1 Å². The van der Waals surface area contributed by atoms with Gasteiger partial charge in [-0.1, -0.05) is 18.0 Å². The van der Waals surface area contributed by atoms with Crippen LogP contribution in [0.25, 0.3) is 0 Å². The summed E-state index contributed by atoms with van der Waals surface area (Å²) < 4.78 is 23.8. The number of thiophene rings is 1. The van der Waals surface area contributed by atoms with E-state index in [2.05, 4.69) is 0 Å². The molecule has 2 rings (SSSR count). The first-order valence-corrected chi connectivity index (χ1v) is 8.20. The van der Waals surface area contributed by atoms with Gasteiger partial charge in [-0.05, 0) is 24.3 Å². The van der Waals surface area contributed by atoms with Crippen LogP contribution in [0.3, 0.4) is 0 Å². The molecule has 1 aromatic heterocycles. The molecule has 6 heteroatoms. The first kappa shape index (κ1) is 12.4. The molecule has 0 spiro atoms. The minimum absolute atomic E-state index is 0.258. The summed E-state index contributed by atoms with van der Waals surface area (Å²) in [6.07, 6.45) is 2.34. The lowest BCUT2D eigenvalue weighted by Gasteiger charge is -2.27. The van der Waals surface area contributed by atoms with Gasteiger partial charge in [-0.2, -0.15) is 0 Å². The molecule has 2 N–H and O–H groups in total. The Kier molecular flexibility index (Phi) is 3.59. The Hall–Kier alpha value is -0.100. The lowest BCUT2D eigenvalue weighted by Crippen LogP contribution is -2.37. The molecule has 3 nitrogen and oxygen atoms in total. The summed E-state index contributed by atoms with van der Waals surface area (Å²) in [5.74, 6) is 0.258. The first-order chi connectivity index (χ1) is 7.52. The van der Waals surface area contributed by atoms with Crippen molar-refractivity contribution < 1.29 is 8.42 Å². The average Bonchev–Trinajstić information content (AvgIpc) is 2.63. The number of halogens is 1. The Balaban J connectivity index is 2.28. The second-order valence-electron chi connectivity index (χ2n) is 4.06. The summed E-state index contributed by atoms with van der Waals surface area (Å²) in [6, 6.07) is 1.29. The van der Waals surface area contributed by atoms with Crippen molar-refractivity contribution in [3.63, 3.8) is 0 Å². The van der Waals surface area contributed by atoms with Gasteiger partial charge in [0.2, 0.25) is 0 Å². The summed E-state index contributed by atoms with van der Waals surface area (Å²) in [5, 5.41) is 1.96. The van der Waals surface area contributed by atoms with Gasteiger partial charge in [0.15, 0.2) is 9.84 Å². The predicted octanol–water partition coefficient (Wildman–Crippen LogP) is 2.37. The van der Waals surface area contributed by atoms with Crippen LogP contribution in [-0.2, 0) is 9.84 Å². The molecule has 2 atom stereocenters. The minimum Gasteiger partial charge on any atom is -0.322 e. The van der Waals surface area contributed by atoms with Crippen LogP contribution < -0.4 is 5.73 Å². The maximum absolute atomic E-state index is 11.9. The fourth-order valence-corrected chi connectivity index (χ4v) is 5.45. The summed E-state index contributed by atoms with van der Waals surface area (Å²) in [4.78, 5) is 0.789. The molecule has 0 aliphatic carbocycles. The van der Waals surface area contributed by atoms with Crippen molar-refractivity contribution in [2.24, 2.45) is 5.73 Å². The van der Waals surface area contributed by atoms with Gasteiger partial charge in [0.25, 0.3) is 0 Å². The third-order valence-corrected chi connectivity index (χ3v) is 6.75. The van der Waals surface area contributed by atoms with E-state index in [-0.39, 0.29) is 5.75 Å². The molecule has 0 aromatic carbocycles. The molecule has 0 radical (unpaired) electrons. The third-order valence-electron chi connectivity index (χ3n) is 2.98. The van der Waals surface area contributed by atoms with Gasteiger partial charge in [0.1, 0.15) is 0 Å². The van der Waals surface area contributed by atoms with Crippen molar-refractivity contribution in [3.05, 3.63) is 21.3 Å². The van der Waals surface area contributed by atoms with E-state index in [1.54, 1.807) is 6.07 Å². The molecule has 1 saturated heterocycles. The highest BCUT2D eigenvalue weighted by Crippen LogP contribution is 2.35. The largest absolute Gasteiger partial charge is 0.322 e. The van der Waals surface area contributed by atoms with Crippen molar-refractivity contribution in [3.8, 4) is 0 Å². The average molecular weight is 280 g/mol. The Morgan fingerprint density at radius 1 is 1.50 bits per heavy atom. The zero-order valence-corrected chi connectivity index (χ0v) is 11.1. The highest BCUT2D eigenvalue weighted by molar-refractivity contribution is 7.92. The zero-order chi connectivity index (χ0) is 11.8. The van der Waals surface area contributed by atoms with Gasteiger partial charge in [-0.3, -0.25) is 0 Å². The van der Waals surface area contributed by atoms with Gasteiger partial charge < -0.3 is 5.73 Å². The molecule has 0 bridgehead atoms. The maximum Gasteiger partial charge on any atom is 0.155 e. The predicted molar refractivity (Wildman–Crippen MR) is 67.7 cm³/mol. The monoisotopic (exact) mass is 279 g/mol. The highest BCUT2D eigenvalue weighted by atomic mass is 35.5. The highest BCUT2D eigenvalue weighted by Gasteiger charge is 2.35. The summed E-state index contributed by atoms with van der Waals surface area (Å²) in [6.45, 7) is 0. The molecule has 90 valence electrons. The molecule has 1 aliphatic heterocycles. The SMILES string of the molecule is NC(c1sccc1Cl)C1CCCCS1(=O)=O. The van der Waals surface area contributed by atoms with Crippen LogP contribution in [0, 0.1) is 0 Å². The van der Waals surface area contributed by atoms with E-state index in [1.165, 1.54) is 11.3 Å². The van der Waals surface area contributed by atoms with Crippen molar-refractivity contribution in [1.29, 1.82) is 0 Å². The maximum atomic E-state index is 11.9. The molecule has 1 aromatic rings. The van der Waals surface area contributed by atoms with E-state index in [4.69, 9.17) is 17.3 Å². The van der Waals surface area contributed by atoms with Crippen LogP contribution >= 0.6 is 22.9 Å². The number of hydrogen-bond donors (Lipinski definition) is 1. The van der Waals surface area contributed by atoms with Crippen LogP contribution in [0.2, 0.25) is 5.02 Å². The van der Waals surface area contributed by atoms with Gasteiger partial charge in [-0.25, -0.2) is 8.42 Å². The van der Waals surface area contributed by atoms with Gasteiger partial charge in [-0.15, -0.1) is 11.3 Å². The molecule has 1 aliphatic rings. The van der Waals surface area contributed by atoms with Crippen LogP contribution in [-0.4, -0.2) is 19.4 Å². The minimum atomic E-state index is -3.04. The Morgan fingerprint density at radius 2 is 2.25 bits per heavy atom. The third kappa shape index (κ3) is 2.27. The second kappa shape index (κ2) is 4.64. The van der Waals surface area contributed by atoms with Gasteiger partial charge in [0, 0.05) is 4.88 Å². The molecular weight excluding hydrogens is 266 g/mol. The van der Waals surface area contributed by atoms with Crippen LogP contribution in [0.5, 0.6) is 0 Å².